The average molecular weight is 188 g/mol. The molecule has 0 saturated carbocycles. The Labute approximate surface area is 79.8 Å². The summed E-state index contributed by atoms with van der Waals surface area (Å²) >= 11 is 0. The molecular weight excluding hydrogens is 180 g/mol. The zero-order valence-corrected chi connectivity index (χ0v) is 7.42. The van der Waals surface area contributed by atoms with Crippen LogP contribution >= 0.6 is 0 Å². The molecule has 2 heterocycles. The van der Waals surface area contributed by atoms with Gasteiger partial charge in [-0.2, -0.15) is 10.4 Å². The van der Waals surface area contributed by atoms with Crippen molar-refractivity contribution in [3.63, 3.8) is 0 Å². The van der Waals surface area contributed by atoms with E-state index in [0.717, 1.165) is 0 Å². The second kappa shape index (κ2) is 3.34. The van der Waals surface area contributed by atoms with Crippen molar-refractivity contribution >= 4 is 5.52 Å². The number of hydrogen-bond acceptors (Lipinski definition) is 3. The lowest BCUT2D eigenvalue weighted by Crippen LogP contribution is -2.21. The molecule has 0 bridgehead atoms. The third kappa shape index (κ3) is 1.27. The van der Waals surface area contributed by atoms with E-state index < -0.39 is 0 Å². The Morgan fingerprint density at radius 3 is 3.14 bits per heavy atom. The molecule has 0 aliphatic carbocycles. The molecule has 14 heavy (non-hydrogen) atoms. The van der Waals surface area contributed by atoms with Gasteiger partial charge in [0.05, 0.1) is 18.7 Å². The molecule has 2 rings (SSSR count). The summed E-state index contributed by atoms with van der Waals surface area (Å²) in [6, 6.07) is 3.66. The molecule has 0 aromatic carbocycles. The van der Waals surface area contributed by atoms with Crippen LogP contribution < -0.4 is 5.56 Å². The van der Waals surface area contributed by atoms with Gasteiger partial charge in [-0.25, -0.2) is 4.52 Å². The average Bonchev–Trinajstić information content (AvgIpc) is 2.66. The van der Waals surface area contributed by atoms with Crippen LogP contribution in [-0.4, -0.2) is 14.2 Å². The number of fused-ring (bicyclic) bond motifs is 1. The van der Waals surface area contributed by atoms with Gasteiger partial charge in [-0.15, -0.1) is 0 Å². The Bertz CT molecular complexity index is 546. The van der Waals surface area contributed by atoms with Crippen LogP contribution in [0.2, 0.25) is 0 Å². The highest BCUT2D eigenvalue weighted by molar-refractivity contribution is 5.42. The lowest BCUT2D eigenvalue weighted by Gasteiger charge is -2.01. The molecule has 2 aromatic rings. The van der Waals surface area contributed by atoms with Crippen LogP contribution in [0.1, 0.15) is 6.42 Å². The first-order chi connectivity index (χ1) is 6.83. The molecule has 0 atom stereocenters. The molecule has 0 unspecified atom stereocenters. The zero-order valence-electron chi connectivity index (χ0n) is 7.42. The van der Waals surface area contributed by atoms with E-state index >= 15 is 0 Å². The largest absolute Gasteiger partial charge is 0.311 e. The highest BCUT2D eigenvalue weighted by atomic mass is 16.1. The molecule has 0 amide bonds. The predicted octanol–water partition coefficient (Wildman–Crippen LogP) is 0.410. The van der Waals surface area contributed by atoms with E-state index in [1.807, 2.05) is 6.07 Å². The molecule has 0 saturated heterocycles. The summed E-state index contributed by atoms with van der Waals surface area (Å²) in [4.78, 5) is 11.7. The van der Waals surface area contributed by atoms with Crippen molar-refractivity contribution in [1.29, 1.82) is 5.26 Å². The fraction of sp³-hybridized carbons (Fsp3) is 0.222. The van der Waals surface area contributed by atoms with Crippen LogP contribution in [0.4, 0.5) is 0 Å². The number of nitriles is 1. The van der Waals surface area contributed by atoms with Crippen LogP contribution in [0.5, 0.6) is 0 Å². The first-order valence-electron chi connectivity index (χ1n) is 4.22. The first kappa shape index (κ1) is 8.51. The molecule has 2 aromatic heterocycles. The second-order valence-electron chi connectivity index (χ2n) is 2.87. The van der Waals surface area contributed by atoms with Gasteiger partial charge in [0, 0.05) is 18.9 Å². The van der Waals surface area contributed by atoms with Crippen LogP contribution in [-0.2, 0) is 6.54 Å². The van der Waals surface area contributed by atoms with Gasteiger partial charge < -0.3 is 4.57 Å². The quantitative estimate of drug-likeness (QED) is 0.685. The van der Waals surface area contributed by atoms with E-state index in [-0.39, 0.29) is 5.56 Å². The summed E-state index contributed by atoms with van der Waals surface area (Å²) in [5.74, 6) is 0. The highest BCUT2D eigenvalue weighted by Crippen LogP contribution is 1.94. The van der Waals surface area contributed by atoms with Gasteiger partial charge in [-0.05, 0) is 6.07 Å². The number of nitrogens with zero attached hydrogens (tertiary/aromatic N) is 4. The van der Waals surface area contributed by atoms with Crippen LogP contribution in [0.3, 0.4) is 0 Å². The summed E-state index contributed by atoms with van der Waals surface area (Å²) in [7, 11) is 0. The lowest BCUT2D eigenvalue weighted by molar-refractivity contribution is 0.678. The van der Waals surface area contributed by atoms with E-state index in [1.54, 1.807) is 24.7 Å². The van der Waals surface area contributed by atoms with Crippen molar-refractivity contribution in [2.45, 2.75) is 13.0 Å². The maximum absolute atomic E-state index is 11.7. The Kier molecular flexibility index (Phi) is 2.03. The Morgan fingerprint density at radius 1 is 1.50 bits per heavy atom. The van der Waals surface area contributed by atoms with Gasteiger partial charge in [-0.3, -0.25) is 4.79 Å². The van der Waals surface area contributed by atoms with Crippen LogP contribution in [0.15, 0.2) is 29.5 Å². The van der Waals surface area contributed by atoms with Crippen molar-refractivity contribution in [2.24, 2.45) is 0 Å². The fourth-order valence-corrected chi connectivity index (χ4v) is 1.31. The molecule has 0 spiro atoms. The van der Waals surface area contributed by atoms with E-state index in [2.05, 4.69) is 5.10 Å². The molecule has 0 aliphatic rings. The molecule has 0 fully saturated rings. The topological polar surface area (TPSA) is 63.1 Å². The molecular formula is C9H8N4O. The number of hydrogen-bond donors (Lipinski definition) is 0. The SMILES string of the molecule is N#CCCn1ccn2nccc2c1=O. The van der Waals surface area contributed by atoms with Crippen molar-refractivity contribution in [2.75, 3.05) is 0 Å². The van der Waals surface area contributed by atoms with Gasteiger partial charge in [0.15, 0.2) is 0 Å². The van der Waals surface area contributed by atoms with Gasteiger partial charge in [0.1, 0.15) is 5.52 Å². The van der Waals surface area contributed by atoms with Crippen LogP contribution in [0.25, 0.3) is 5.52 Å². The second-order valence-corrected chi connectivity index (χ2v) is 2.87. The van der Waals surface area contributed by atoms with Crippen molar-refractivity contribution in [1.82, 2.24) is 14.2 Å². The third-order valence-corrected chi connectivity index (χ3v) is 2.00. The monoisotopic (exact) mass is 188 g/mol. The van der Waals surface area contributed by atoms with Gasteiger partial charge in [0.2, 0.25) is 0 Å². The van der Waals surface area contributed by atoms with E-state index in [9.17, 15) is 4.79 Å². The lowest BCUT2D eigenvalue weighted by atomic mass is 10.4. The summed E-state index contributed by atoms with van der Waals surface area (Å²) in [5.41, 5.74) is 0.422. The smallest absolute Gasteiger partial charge is 0.276 e. The molecule has 0 radical (unpaired) electrons. The Morgan fingerprint density at radius 2 is 2.36 bits per heavy atom. The minimum Gasteiger partial charge on any atom is -0.311 e. The highest BCUT2D eigenvalue weighted by Gasteiger charge is 2.01. The van der Waals surface area contributed by atoms with E-state index in [4.69, 9.17) is 5.26 Å². The van der Waals surface area contributed by atoms with E-state index in [1.165, 1.54) is 9.08 Å². The Balaban J connectivity index is 2.52. The van der Waals surface area contributed by atoms with Gasteiger partial charge in [0.25, 0.3) is 5.56 Å². The first-order valence-corrected chi connectivity index (χ1v) is 4.22. The Hall–Kier alpha value is -2.09. The summed E-state index contributed by atoms with van der Waals surface area (Å²) < 4.78 is 3.03. The summed E-state index contributed by atoms with van der Waals surface area (Å²) in [6.45, 7) is 0.428. The molecule has 0 N–H and O–H groups in total. The maximum atomic E-state index is 11.7. The van der Waals surface area contributed by atoms with E-state index in [0.29, 0.717) is 18.5 Å². The van der Waals surface area contributed by atoms with Crippen LogP contribution in [0, 0.1) is 11.3 Å². The standard InChI is InChI=1S/C9H8N4O/c10-3-1-5-12-6-7-13-8(9(12)14)2-4-11-13/h2,4,6-7H,1,5H2. The molecule has 0 aliphatic heterocycles. The number of aromatic nitrogens is 3. The number of rotatable bonds is 2. The van der Waals surface area contributed by atoms with Crippen molar-refractivity contribution in [3.8, 4) is 6.07 Å². The fourth-order valence-electron chi connectivity index (χ4n) is 1.31. The minimum atomic E-state index is -0.111. The molecule has 5 nitrogen and oxygen atoms in total. The summed E-state index contributed by atoms with van der Waals surface area (Å²) in [5, 5.41) is 12.3. The predicted molar refractivity (Wildman–Crippen MR) is 49.7 cm³/mol. The van der Waals surface area contributed by atoms with Gasteiger partial charge in [-0.1, -0.05) is 0 Å². The maximum Gasteiger partial charge on any atom is 0.276 e. The number of aryl methyl sites for hydroxylation is 1. The van der Waals surface area contributed by atoms with Crippen molar-refractivity contribution < 1.29 is 0 Å². The van der Waals surface area contributed by atoms with Crippen molar-refractivity contribution in [3.05, 3.63) is 35.0 Å². The third-order valence-electron chi connectivity index (χ3n) is 2.00. The summed E-state index contributed by atoms with van der Waals surface area (Å²) in [6.07, 6.45) is 5.25. The van der Waals surface area contributed by atoms with Gasteiger partial charge >= 0.3 is 0 Å². The normalized spacial score (nSPS) is 10.2. The zero-order chi connectivity index (χ0) is 9.97. The molecule has 70 valence electrons. The minimum absolute atomic E-state index is 0.111. The molecule has 5 heteroatoms.